The second-order valence-electron chi connectivity index (χ2n) is 5.87. The van der Waals surface area contributed by atoms with Gasteiger partial charge in [0.2, 0.25) is 0 Å². The van der Waals surface area contributed by atoms with Gasteiger partial charge in [-0.2, -0.15) is 0 Å². The molecule has 0 radical (unpaired) electrons. The molecule has 2 heterocycles. The Kier molecular flexibility index (Phi) is 4.85. The molecule has 1 aliphatic heterocycles. The lowest BCUT2D eigenvalue weighted by atomic mass is 10.1. The van der Waals surface area contributed by atoms with Crippen LogP contribution in [-0.4, -0.2) is 52.0 Å². The summed E-state index contributed by atoms with van der Waals surface area (Å²) in [5, 5.41) is 11.5. The molecule has 7 nitrogen and oxygen atoms in total. The Hall–Kier alpha value is -3.06. The third kappa shape index (κ3) is 4.07. The van der Waals surface area contributed by atoms with Crippen LogP contribution in [0, 0.1) is 0 Å². The van der Waals surface area contributed by atoms with E-state index in [0.29, 0.717) is 11.4 Å². The zero-order valence-electron chi connectivity index (χ0n) is 13.8. The average molecular weight is 338 g/mol. The van der Waals surface area contributed by atoms with E-state index >= 15 is 0 Å². The van der Waals surface area contributed by atoms with Crippen molar-refractivity contribution in [3.05, 3.63) is 59.6 Å². The molecule has 1 aromatic heterocycles. The zero-order chi connectivity index (χ0) is 17.8. The molecular weight excluding hydrogens is 320 g/mol. The predicted molar refractivity (Wildman–Crippen MR) is 93.5 cm³/mol. The van der Waals surface area contributed by atoms with Gasteiger partial charge < -0.3 is 15.3 Å². The first-order valence-electron chi connectivity index (χ1n) is 7.87. The summed E-state index contributed by atoms with van der Waals surface area (Å²) in [4.78, 5) is 33.8. The first kappa shape index (κ1) is 16.8. The molecule has 0 aliphatic carbocycles. The van der Waals surface area contributed by atoms with Crippen LogP contribution in [0.2, 0.25) is 0 Å². The highest BCUT2D eigenvalue weighted by atomic mass is 16.4. The van der Waals surface area contributed by atoms with Gasteiger partial charge in [0.15, 0.2) is 5.82 Å². The van der Waals surface area contributed by atoms with Crippen LogP contribution in [-0.2, 0) is 0 Å². The number of carboxylic acid groups (broad SMARTS) is 1. The number of rotatable bonds is 4. The van der Waals surface area contributed by atoms with Gasteiger partial charge in [0, 0.05) is 18.7 Å². The maximum Gasteiger partial charge on any atom is 0.335 e. The first-order valence-corrected chi connectivity index (χ1v) is 7.87. The molecule has 3 rings (SSSR count). The lowest BCUT2D eigenvalue weighted by Crippen LogP contribution is -2.24. The second-order valence-corrected chi connectivity index (χ2v) is 5.87. The number of nitrogens with one attached hydrogen (secondary N) is 1. The number of carboxylic acids is 1. The molecule has 128 valence electrons. The minimum Gasteiger partial charge on any atom is -0.478 e. The van der Waals surface area contributed by atoms with E-state index in [1.807, 2.05) is 0 Å². The fourth-order valence-electron chi connectivity index (χ4n) is 2.51. The molecule has 0 saturated heterocycles. The Morgan fingerprint density at radius 3 is 2.40 bits per heavy atom. The fraction of sp³-hybridized carbons (Fsp3) is 0.222. The zero-order valence-corrected chi connectivity index (χ0v) is 13.8. The summed E-state index contributed by atoms with van der Waals surface area (Å²) in [7, 11) is 2.07. The van der Waals surface area contributed by atoms with Crippen molar-refractivity contribution in [2.24, 2.45) is 0 Å². The van der Waals surface area contributed by atoms with E-state index in [4.69, 9.17) is 5.11 Å². The lowest BCUT2D eigenvalue weighted by Gasteiger charge is -2.21. The van der Waals surface area contributed by atoms with Gasteiger partial charge >= 0.3 is 5.97 Å². The van der Waals surface area contributed by atoms with E-state index in [1.165, 1.54) is 30.5 Å². The van der Waals surface area contributed by atoms with Gasteiger partial charge in [0.25, 0.3) is 5.91 Å². The highest BCUT2D eigenvalue weighted by Crippen LogP contribution is 2.19. The molecule has 0 fully saturated rings. The Morgan fingerprint density at radius 2 is 1.84 bits per heavy atom. The summed E-state index contributed by atoms with van der Waals surface area (Å²) in [5.41, 5.74) is 2.46. The minimum atomic E-state index is -1.03. The van der Waals surface area contributed by atoms with Crippen LogP contribution >= 0.6 is 0 Å². The standard InChI is InChI=1S/C18H18N4O3/c1-22-8-6-12(7-9-22)15-10-20-16(11-19-15)21-17(23)13-2-4-14(5-3-13)18(24)25/h2-6,10-11H,7-9H2,1H3,(H,24,25)(H,20,21,23). The molecule has 7 heteroatoms. The predicted octanol–water partition coefficient (Wildman–Crippen LogP) is 2.15. The number of nitrogens with zero attached hydrogens (tertiary/aromatic N) is 3. The van der Waals surface area contributed by atoms with Crippen LogP contribution in [0.4, 0.5) is 5.82 Å². The Morgan fingerprint density at radius 1 is 1.12 bits per heavy atom. The monoisotopic (exact) mass is 338 g/mol. The molecule has 1 aliphatic rings. The normalized spacial score (nSPS) is 14.7. The fourth-order valence-corrected chi connectivity index (χ4v) is 2.51. The smallest absolute Gasteiger partial charge is 0.335 e. The summed E-state index contributed by atoms with van der Waals surface area (Å²) < 4.78 is 0. The van der Waals surface area contributed by atoms with Crippen molar-refractivity contribution in [3.8, 4) is 0 Å². The van der Waals surface area contributed by atoms with E-state index in [0.717, 1.165) is 30.8 Å². The number of benzene rings is 1. The van der Waals surface area contributed by atoms with Crippen molar-refractivity contribution >= 4 is 23.3 Å². The molecule has 0 unspecified atom stereocenters. The van der Waals surface area contributed by atoms with Gasteiger partial charge in [-0.1, -0.05) is 6.08 Å². The van der Waals surface area contributed by atoms with E-state index < -0.39 is 5.97 Å². The Bertz CT molecular complexity index is 813. The van der Waals surface area contributed by atoms with Gasteiger partial charge in [-0.05, 0) is 43.3 Å². The number of hydrogen-bond donors (Lipinski definition) is 2. The third-order valence-corrected chi connectivity index (χ3v) is 4.03. The van der Waals surface area contributed by atoms with Crippen LogP contribution in [0.3, 0.4) is 0 Å². The second kappa shape index (κ2) is 7.23. The number of carbonyl (C=O) groups excluding carboxylic acids is 1. The van der Waals surface area contributed by atoms with Crippen molar-refractivity contribution < 1.29 is 14.7 Å². The summed E-state index contributed by atoms with van der Waals surface area (Å²) in [6.45, 7) is 1.88. The number of likely N-dealkylation sites (N-methyl/N-ethyl adjacent to an activating group) is 1. The van der Waals surface area contributed by atoms with Crippen molar-refractivity contribution in [3.63, 3.8) is 0 Å². The van der Waals surface area contributed by atoms with E-state index in [9.17, 15) is 9.59 Å². The maximum absolute atomic E-state index is 12.2. The molecule has 0 bridgehead atoms. The Balaban J connectivity index is 1.66. The maximum atomic E-state index is 12.2. The van der Waals surface area contributed by atoms with Crippen LogP contribution < -0.4 is 5.32 Å². The molecule has 0 atom stereocenters. The number of carbonyl (C=O) groups is 2. The SMILES string of the molecule is CN1CC=C(c2cnc(NC(=O)c3ccc(C(=O)O)cc3)cn2)CC1. The number of anilines is 1. The third-order valence-electron chi connectivity index (χ3n) is 4.03. The van der Waals surface area contributed by atoms with Crippen LogP contribution in [0.5, 0.6) is 0 Å². The van der Waals surface area contributed by atoms with E-state index in [2.05, 4.69) is 33.3 Å². The summed E-state index contributed by atoms with van der Waals surface area (Å²) in [6.07, 6.45) is 6.24. The molecule has 0 saturated carbocycles. The Labute approximate surface area is 145 Å². The molecule has 1 aromatic carbocycles. The summed E-state index contributed by atoms with van der Waals surface area (Å²) in [6, 6.07) is 5.70. The average Bonchev–Trinajstić information content (AvgIpc) is 2.63. The number of hydrogen-bond acceptors (Lipinski definition) is 5. The van der Waals surface area contributed by atoms with Gasteiger partial charge in [-0.25, -0.2) is 9.78 Å². The molecule has 0 spiro atoms. The number of aromatic carboxylic acids is 1. The van der Waals surface area contributed by atoms with E-state index in [1.54, 1.807) is 6.20 Å². The molecular formula is C18H18N4O3. The quantitative estimate of drug-likeness (QED) is 0.887. The van der Waals surface area contributed by atoms with Gasteiger partial charge in [-0.3, -0.25) is 9.78 Å². The first-order chi connectivity index (χ1) is 12.0. The molecule has 2 aromatic rings. The summed E-state index contributed by atoms with van der Waals surface area (Å²) >= 11 is 0. The van der Waals surface area contributed by atoms with E-state index in [-0.39, 0.29) is 11.5 Å². The van der Waals surface area contributed by atoms with Crippen molar-refractivity contribution in [2.45, 2.75) is 6.42 Å². The highest BCUT2D eigenvalue weighted by molar-refractivity contribution is 6.04. The number of amides is 1. The van der Waals surface area contributed by atoms with Crippen molar-refractivity contribution in [2.75, 3.05) is 25.5 Å². The number of aromatic nitrogens is 2. The summed E-state index contributed by atoms with van der Waals surface area (Å²) in [5.74, 6) is -1.04. The van der Waals surface area contributed by atoms with Gasteiger partial charge in [-0.15, -0.1) is 0 Å². The van der Waals surface area contributed by atoms with Crippen molar-refractivity contribution in [1.29, 1.82) is 0 Å². The van der Waals surface area contributed by atoms with Gasteiger partial charge in [0.05, 0.1) is 23.7 Å². The largest absolute Gasteiger partial charge is 0.478 e. The van der Waals surface area contributed by atoms with Gasteiger partial charge in [0.1, 0.15) is 0 Å². The highest BCUT2D eigenvalue weighted by Gasteiger charge is 2.12. The molecule has 25 heavy (non-hydrogen) atoms. The van der Waals surface area contributed by atoms with Crippen LogP contribution in [0.15, 0.2) is 42.7 Å². The van der Waals surface area contributed by atoms with Crippen LogP contribution in [0.1, 0.15) is 32.8 Å². The molecule has 1 amide bonds. The lowest BCUT2D eigenvalue weighted by molar-refractivity contribution is 0.0696. The minimum absolute atomic E-state index is 0.132. The topological polar surface area (TPSA) is 95.4 Å². The van der Waals surface area contributed by atoms with Crippen LogP contribution in [0.25, 0.3) is 5.57 Å². The molecule has 2 N–H and O–H groups in total. The van der Waals surface area contributed by atoms with Crippen molar-refractivity contribution in [1.82, 2.24) is 14.9 Å².